The lowest BCUT2D eigenvalue weighted by Gasteiger charge is -2.10. The van der Waals surface area contributed by atoms with Crippen LogP contribution in [0.1, 0.15) is 39.9 Å². The first-order chi connectivity index (χ1) is 11.1. The second-order valence-electron chi connectivity index (χ2n) is 5.94. The Bertz CT molecular complexity index is 736. The van der Waals surface area contributed by atoms with Gasteiger partial charge in [0.1, 0.15) is 0 Å². The summed E-state index contributed by atoms with van der Waals surface area (Å²) in [6.07, 6.45) is 2.16. The van der Waals surface area contributed by atoms with E-state index < -0.39 is 0 Å². The van der Waals surface area contributed by atoms with Gasteiger partial charge in [-0.3, -0.25) is 9.59 Å². The van der Waals surface area contributed by atoms with Crippen LogP contribution in [0.5, 0.6) is 0 Å². The molecule has 23 heavy (non-hydrogen) atoms. The SMILES string of the molecule is Cc1ccc(CNC(=O)c2ccc3c(c2)CCCC(=O)N3)cc1. The van der Waals surface area contributed by atoms with Crippen molar-refractivity contribution in [2.75, 3.05) is 5.32 Å². The van der Waals surface area contributed by atoms with Gasteiger partial charge in [0.25, 0.3) is 5.91 Å². The summed E-state index contributed by atoms with van der Waals surface area (Å²) in [4.78, 5) is 23.9. The summed E-state index contributed by atoms with van der Waals surface area (Å²) < 4.78 is 0. The van der Waals surface area contributed by atoms with E-state index in [0.29, 0.717) is 18.5 Å². The molecule has 0 saturated heterocycles. The molecule has 0 spiro atoms. The van der Waals surface area contributed by atoms with E-state index in [2.05, 4.69) is 10.6 Å². The van der Waals surface area contributed by atoms with Crippen molar-refractivity contribution in [1.29, 1.82) is 0 Å². The highest BCUT2D eigenvalue weighted by Crippen LogP contribution is 2.23. The van der Waals surface area contributed by atoms with Crippen LogP contribution in [0, 0.1) is 6.92 Å². The number of fused-ring (bicyclic) bond motifs is 1. The first-order valence-corrected chi connectivity index (χ1v) is 7.88. The molecular formula is C19H20N2O2. The van der Waals surface area contributed by atoms with Crippen LogP contribution >= 0.6 is 0 Å². The largest absolute Gasteiger partial charge is 0.348 e. The van der Waals surface area contributed by atoms with Crippen molar-refractivity contribution in [3.63, 3.8) is 0 Å². The highest BCUT2D eigenvalue weighted by molar-refractivity contribution is 5.97. The molecule has 118 valence electrons. The van der Waals surface area contributed by atoms with Crippen LogP contribution in [-0.4, -0.2) is 11.8 Å². The van der Waals surface area contributed by atoms with Crippen molar-refractivity contribution < 1.29 is 9.59 Å². The fourth-order valence-corrected chi connectivity index (χ4v) is 2.71. The highest BCUT2D eigenvalue weighted by Gasteiger charge is 2.15. The Morgan fingerprint density at radius 1 is 1.13 bits per heavy atom. The van der Waals surface area contributed by atoms with Gasteiger partial charge in [0, 0.05) is 24.2 Å². The van der Waals surface area contributed by atoms with Gasteiger partial charge in [0.2, 0.25) is 5.91 Å². The lowest BCUT2D eigenvalue weighted by atomic mass is 10.0. The van der Waals surface area contributed by atoms with E-state index in [4.69, 9.17) is 0 Å². The predicted octanol–water partition coefficient (Wildman–Crippen LogP) is 3.20. The Morgan fingerprint density at radius 3 is 2.70 bits per heavy atom. The number of benzene rings is 2. The van der Waals surface area contributed by atoms with Crippen molar-refractivity contribution >= 4 is 17.5 Å². The van der Waals surface area contributed by atoms with E-state index in [9.17, 15) is 9.59 Å². The molecule has 1 heterocycles. The van der Waals surface area contributed by atoms with Crippen LogP contribution in [0.2, 0.25) is 0 Å². The van der Waals surface area contributed by atoms with Crippen molar-refractivity contribution in [1.82, 2.24) is 5.32 Å². The van der Waals surface area contributed by atoms with Crippen molar-refractivity contribution in [2.24, 2.45) is 0 Å². The van der Waals surface area contributed by atoms with Gasteiger partial charge in [-0.25, -0.2) is 0 Å². The molecule has 0 aliphatic carbocycles. The Labute approximate surface area is 135 Å². The van der Waals surface area contributed by atoms with Gasteiger partial charge in [-0.05, 0) is 49.1 Å². The molecule has 0 atom stereocenters. The second-order valence-corrected chi connectivity index (χ2v) is 5.94. The molecule has 0 unspecified atom stereocenters. The van der Waals surface area contributed by atoms with Gasteiger partial charge < -0.3 is 10.6 Å². The van der Waals surface area contributed by atoms with Crippen molar-refractivity contribution in [2.45, 2.75) is 32.7 Å². The zero-order chi connectivity index (χ0) is 16.2. The zero-order valence-corrected chi connectivity index (χ0v) is 13.2. The average Bonchev–Trinajstić information content (AvgIpc) is 2.74. The number of aryl methyl sites for hydroxylation is 2. The number of hydrogen-bond donors (Lipinski definition) is 2. The van der Waals surface area contributed by atoms with Crippen LogP contribution in [0.3, 0.4) is 0 Å². The first-order valence-electron chi connectivity index (χ1n) is 7.88. The number of amides is 2. The van der Waals surface area contributed by atoms with Crippen LogP contribution < -0.4 is 10.6 Å². The number of rotatable bonds is 3. The van der Waals surface area contributed by atoms with E-state index in [1.165, 1.54) is 5.56 Å². The number of carbonyl (C=O) groups excluding carboxylic acids is 2. The molecule has 3 rings (SSSR count). The Kier molecular flexibility index (Phi) is 4.42. The minimum Gasteiger partial charge on any atom is -0.348 e. The minimum atomic E-state index is -0.0936. The zero-order valence-electron chi connectivity index (χ0n) is 13.2. The molecule has 2 aromatic rings. The average molecular weight is 308 g/mol. The summed E-state index contributed by atoms with van der Waals surface area (Å²) in [5, 5.41) is 5.82. The van der Waals surface area contributed by atoms with Crippen LogP contribution in [0.25, 0.3) is 0 Å². The molecule has 0 saturated carbocycles. The van der Waals surface area contributed by atoms with E-state index in [1.807, 2.05) is 43.3 Å². The number of anilines is 1. The van der Waals surface area contributed by atoms with E-state index in [-0.39, 0.29) is 11.8 Å². The fraction of sp³-hybridized carbons (Fsp3) is 0.263. The molecule has 2 amide bonds. The third-order valence-corrected chi connectivity index (χ3v) is 4.07. The maximum absolute atomic E-state index is 12.3. The summed E-state index contributed by atoms with van der Waals surface area (Å²) in [7, 11) is 0. The van der Waals surface area contributed by atoms with Crippen LogP contribution in [0.4, 0.5) is 5.69 Å². The number of carbonyl (C=O) groups is 2. The fourth-order valence-electron chi connectivity index (χ4n) is 2.71. The highest BCUT2D eigenvalue weighted by atomic mass is 16.2. The molecule has 1 aliphatic rings. The standard InChI is InChI=1S/C19H20N2O2/c1-13-5-7-14(8-6-13)12-20-19(23)16-9-10-17-15(11-16)3-2-4-18(22)21-17/h5-11H,2-4,12H2,1H3,(H,20,23)(H,21,22). The minimum absolute atomic E-state index is 0.0420. The maximum atomic E-state index is 12.3. The van der Waals surface area contributed by atoms with Gasteiger partial charge in [-0.2, -0.15) is 0 Å². The van der Waals surface area contributed by atoms with Gasteiger partial charge in [0.15, 0.2) is 0 Å². The molecule has 0 bridgehead atoms. The Morgan fingerprint density at radius 2 is 1.91 bits per heavy atom. The van der Waals surface area contributed by atoms with Crippen molar-refractivity contribution in [3.05, 3.63) is 64.7 Å². The normalized spacial score (nSPS) is 13.7. The lowest BCUT2D eigenvalue weighted by molar-refractivity contribution is -0.116. The summed E-state index contributed by atoms with van der Waals surface area (Å²) >= 11 is 0. The molecule has 2 N–H and O–H groups in total. The monoisotopic (exact) mass is 308 g/mol. The maximum Gasteiger partial charge on any atom is 0.251 e. The quantitative estimate of drug-likeness (QED) is 0.915. The molecular weight excluding hydrogens is 288 g/mol. The summed E-state index contributed by atoms with van der Waals surface area (Å²) in [6, 6.07) is 13.6. The van der Waals surface area contributed by atoms with E-state index in [1.54, 1.807) is 6.07 Å². The van der Waals surface area contributed by atoms with Crippen molar-refractivity contribution in [3.8, 4) is 0 Å². The van der Waals surface area contributed by atoms with Crippen LogP contribution in [-0.2, 0) is 17.8 Å². The predicted molar refractivity (Wildman–Crippen MR) is 90.4 cm³/mol. The van der Waals surface area contributed by atoms with E-state index in [0.717, 1.165) is 29.7 Å². The summed E-state index contributed by atoms with van der Waals surface area (Å²) in [6.45, 7) is 2.55. The molecule has 2 aromatic carbocycles. The second kappa shape index (κ2) is 6.65. The van der Waals surface area contributed by atoms with Gasteiger partial charge >= 0.3 is 0 Å². The Balaban J connectivity index is 1.69. The molecule has 0 aromatic heterocycles. The first kappa shape index (κ1) is 15.3. The van der Waals surface area contributed by atoms with Gasteiger partial charge in [-0.1, -0.05) is 29.8 Å². The third-order valence-electron chi connectivity index (χ3n) is 4.07. The number of nitrogens with one attached hydrogen (secondary N) is 2. The number of hydrogen-bond acceptors (Lipinski definition) is 2. The summed E-state index contributed by atoms with van der Waals surface area (Å²) in [5.74, 6) is -0.0516. The topological polar surface area (TPSA) is 58.2 Å². The summed E-state index contributed by atoms with van der Waals surface area (Å²) in [5.41, 5.74) is 4.76. The molecule has 4 nitrogen and oxygen atoms in total. The lowest BCUT2D eigenvalue weighted by Crippen LogP contribution is -2.23. The van der Waals surface area contributed by atoms with Gasteiger partial charge in [0.05, 0.1) is 0 Å². The molecule has 0 radical (unpaired) electrons. The molecule has 4 heteroatoms. The molecule has 0 fully saturated rings. The van der Waals surface area contributed by atoms with Crippen LogP contribution in [0.15, 0.2) is 42.5 Å². The molecule has 1 aliphatic heterocycles. The van der Waals surface area contributed by atoms with Gasteiger partial charge in [-0.15, -0.1) is 0 Å². The third kappa shape index (κ3) is 3.77. The Hall–Kier alpha value is -2.62. The van der Waals surface area contributed by atoms with E-state index >= 15 is 0 Å². The smallest absolute Gasteiger partial charge is 0.251 e.